The zero-order valence-electron chi connectivity index (χ0n) is 19.0. The molecular weight excluding hydrogens is 364 g/mol. The summed E-state index contributed by atoms with van der Waals surface area (Å²) in [7, 11) is 3.88. The SMILES string of the molecule is CCNC(=NCc1ccccc1CN(C)C(C)C)N1CCC(COCCOC)C1. The van der Waals surface area contributed by atoms with Crippen LogP contribution in [0.5, 0.6) is 0 Å². The van der Waals surface area contributed by atoms with Crippen LogP contribution in [0.1, 0.15) is 38.3 Å². The van der Waals surface area contributed by atoms with E-state index in [0.29, 0.717) is 31.7 Å². The maximum Gasteiger partial charge on any atom is 0.194 e. The van der Waals surface area contributed by atoms with Crippen LogP contribution < -0.4 is 5.32 Å². The van der Waals surface area contributed by atoms with Gasteiger partial charge in [-0.1, -0.05) is 24.3 Å². The number of hydrogen-bond donors (Lipinski definition) is 1. The fourth-order valence-electron chi connectivity index (χ4n) is 3.46. The molecule has 0 aromatic heterocycles. The monoisotopic (exact) mass is 404 g/mol. The van der Waals surface area contributed by atoms with Crippen molar-refractivity contribution in [3.05, 3.63) is 35.4 Å². The summed E-state index contributed by atoms with van der Waals surface area (Å²) in [6.07, 6.45) is 1.15. The summed E-state index contributed by atoms with van der Waals surface area (Å²) in [4.78, 5) is 9.71. The highest BCUT2D eigenvalue weighted by Crippen LogP contribution is 2.18. The van der Waals surface area contributed by atoms with Crippen molar-refractivity contribution in [2.75, 3.05) is 53.6 Å². The lowest BCUT2D eigenvalue weighted by Gasteiger charge is -2.23. The minimum atomic E-state index is 0.525. The van der Waals surface area contributed by atoms with Crippen molar-refractivity contribution in [3.8, 4) is 0 Å². The van der Waals surface area contributed by atoms with Gasteiger partial charge >= 0.3 is 0 Å². The van der Waals surface area contributed by atoms with Crippen LogP contribution in [-0.4, -0.2) is 75.4 Å². The minimum absolute atomic E-state index is 0.525. The lowest BCUT2D eigenvalue weighted by atomic mass is 10.1. The van der Waals surface area contributed by atoms with Crippen molar-refractivity contribution in [2.45, 2.75) is 46.3 Å². The van der Waals surface area contributed by atoms with Gasteiger partial charge in [-0.3, -0.25) is 4.90 Å². The fraction of sp³-hybridized carbons (Fsp3) is 0.696. The van der Waals surface area contributed by atoms with Crippen LogP contribution in [0.3, 0.4) is 0 Å². The van der Waals surface area contributed by atoms with E-state index in [1.54, 1.807) is 7.11 Å². The third kappa shape index (κ3) is 7.96. The molecule has 0 amide bonds. The molecule has 1 aliphatic rings. The number of ether oxygens (including phenoxy) is 2. The Bertz CT molecular complexity index is 621. The highest BCUT2D eigenvalue weighted by molar-refractivity contribution is 5.80. The first-order valence-corrected chi connectivity index (χ1v) is 10.9. The first-order valence-electron chi connectivity index (χ1n) is 10.9. The van der Waals surface area contributed by atoms with E-state index >= 15 is 0 Å². The number of likely N-dealkylation sites (tertiary alicyclic amines) is 1. The summed E-state index contributed by atoms with van der Waals surface area (Å²) in [6.45, 7) is 13.3. The van der Waals surface area contributed by atoms with E-state index in [9.17, 15) is 0 Å². The van der Waals surface area contributed by atoms with Crippen molar-refractivity contribution < 1.29 is 9.47 Å². The molecule has 6 nitrogen and oxygen atoms in total. The first kappa shape index (κ1) is 23.6. The maximum absolute atomic E-state index is 5.73. The van der Waals surface area contributed by atoms with Gasteiger partial charge in [0.25, 0.3) is 0 Å². The molecule has 0 saturated carbocycles. The van der Waals surface area contributed by atoms with Gasteiger partial charge in [0, 0.05) is 45.2 Å². The summed E-state index contributed by atoms with van der Waals surface area (Å²) >= 11 is 0. The van der Waals surface area contributed by atoms with Crippen LogP contribution >= 0.6 is 0 Å². The van der Waals surface area contributed by atoms with Crippen LogP contribution in [0.4, 0.5) is 0 Å². The number of rotatable bonds is 11. The van der Waals surface area contributed by atoms with E-state index in [4.69, 9.17) is 14.5 Å². The van der Waals surface area contributed by atoms with Gasteiger partial charge < -0.3 is 19.7 Å². The van der Waals surface area contributed by atoms with Crippen LogP contribution in [0, 0.1) is 5.92 Å². The maximum atomic E-state index is 5.73. The molecule has 1 unspecified atom stereocenters. The molecule has 0 aliphatic carbocycles. The molecular formula is C23H40N4O2. The molecule has 164 valence electrons. The topological polar surface area (TPSA) is 49.3 Å². The van der Waals surface area contributed by atoms with Crippen LogP contribution in [0.2, 0.25) is 0 Å². The molecule has 2 rings (SSSR count). The largest absolute Gasteiger partial charge is 0.382 e. The molecule has 0 bridgehead atoms. The summed E-state index contributed by atoms with van der Waals surface area (Å²) in [5.41, 5.74) is 2.66. The zero-order chi connectivity index (χ0) is 21.1. The van der Waals surface area contributed by atoms with Gasteiger partial charge in [-0.25, -0.2) is 4.99 Å². The Kier molecular flexibility index (Phi) is 10.5. The third-order valence-electron chi connectivity index (χ3n) is 5.52. The molecule has 0 radical (unpaired) electrons. The van der Waals surface area contributed by atoms with E-state index in [1.807, 2.05) is 0 Å². The summed E-state index contributed by atoms with van der Waals surface area (Å²) in [5, 5.41) is 3.47. The summed E-state index contributed by atoms with van der Waals surface area (Å²) in [5.74, 6) is 1.57. The number of nitrogens with zero attached hydrogens (tertiary/aromatic N) is 3. The molecule has 0 spiro atoms. The van der Waals surface area contributed by atoms with E-state index in [1.165, 1.54) is 11.1 Å². The summed E-state index contributed by atoms with van der Waals surface area (Å²) in [6, 6.07) is 9.18. The molecule has 1 fully saturated rings. The number of aliphatic imine (C=N–C) groups is 1. The van der Waals surface area contributed by atoms with Gasteiger partial charge in [0.15, 0.2) is 5.96 Å². The predicted octanol–water partition coefficient (Wildman–Crippen LogP) is 2.98. The smallest absolute Gasteiger partial charge is 0.194 e. The summed E-state index contributed by atoms with van der Waals surface area (Å²) < 4.78 is 10.8. The van der Waals surface area contributed by atoms with Crippen molar-refractivity contribution >= 4 is 5.96 Å². The molecule has 1 atom stereocenters. The van der Waals surface area contributed by atoms with E-state index in [0.717, 1.165) is 45.2 Å². The van der Waals surface area contributed by atoms with Crippen LogP contribution in [-0.2, 0) is 22.6 Å². The number of hydrogen-bond acceptors (Lipinski definition) is 4. The Labute approximate surface area is 177 Å². The van der Waals surface area contributed by atoms with Crippen LogP contribution in [0.15, 0.2) is 29.3 Å². The van der Waals surface area contributed by atoms with E-state index in [-0.39, 0.29) is 0 Å². The molecule has 1 aromatic carbocycles. The van der Waals surface area contributed by atoms with Gasteiger partial charge in [-0.2, -0.15) is 0 Å². The Hall–Kier alpha value is -1.63. The highest BCUT2D eigenvalue weighted by Gasteiger charge is 2.25. The van der Waals surface area contributed by atoms with Gasteiger partial charge in [-0.05, 0) is 45.4 Å². The fourth-order valence-corrected chi connectivity index (χ4v) is 3.46. The quantitative estimate of drug-likeness (QED) is 0.349. The normalized spacial score (nSPS) is 17.6. The molecule has 1 N–H and O–H groups in total. The number of benzene rings is 1. The zero-order valence-corrected chi connectivity index (χ0v) is 19.0. The van der Waals surface area contributed by atoms with Crippen molar-refractivity contribution in [1.82, 2.24) is 15.1 Å². The Morgan fingerprint density at radius 3 is 2.72 bits per heavy atom. The Morgan fingerprint density at radius 1 is 1.28 bits per heavy atom. The lowest BCUT2D eigenvalue weighted by molar-refractivity contribution is 0.0536. The predicted molar refractivity (Wildman–Crippen MR) is 120 cm³/mol. The van der Waals surface area contributed by atoms with Crippen LogP contribution in [0.25, 0.3) is 0 Å². The van der Waals surface area contributed by atoms with Gasteiger partial charge in [0.05, 0.1) is 26.4 Å². The van der Waals surface area contributed by atoms with Crippen molar-refractivity contribution in [3.63, 3.8) is 0 Å². The second-order valence-electron chi connectivity index (χ2n) is 8.12. The van der Waals surface area contributed by atoms with Crippen molar-refractivity contribution in [2.24, 2.45) is 10.9 Å². The molecule has 1 saturated heterocycles. The third-order valence-corrected chi connectivity index (χ3v) is 5.52. The van der Waals surface area contributed by atoms with Gasteiger partial charge in [0.1, 0.15) is 0 Å². The second kappa shape index (κ2) is 12.8. The molecule has 6 heteroatoms. The first-order chi connectivity index (χ1) is 14.0. The van der Waals surface area contributed by atoms with Gasteiger partial charge in [-0.15, -0.1) is 0 Å². The number of guanidine groups is 1. The van der Waals surface area contributed by atoms with E-state index in [2.05, 4.69) is 67.2 Å². The molecule has 1 aromatic rings. The minimum Gasteiger partial charge on any atom is -0.382 e. The van der Waals surface area contributed by atoms with E-state index < -0.39 is 0 Å². The Morgan fingerprint density at radius 2 is 2.03 bits per heavy atom. The lowest BCUT2D eigenvalue weighted by Crippen LogP contribution is -2.40. The Balaban J connectivity index is 1.98. The standard InChI is InChI=1S/C23H40N4O2/c1-6-24-23(27-12-11-20(16-27)18-29-14-13-28-5)25-15-21-9-7-8-10-22(21)17-26(4)19(2)3/h7-10,19-20H,6,11-18H2,1-5H3,(H,24,25). The van der Waals surface area contributed by atoms with Gasteiger partial charge in [0.2, 0.25) is 0 Å². The average molecular weight is 405 g/mol. The van der Waals surface area contributed by atoms with Crippen molar-refractivity contribution in [1.29, 1.82) is 0 Å². The average Bonchev–Trinajstić information content (AvgIpc) is 3.18. The number of methoxy groups -OCH3 is 1. The second-order valence-corrected chi connectivity index (χ2v) is 8.12. The molecule has 1 heterocycles. The number of nitrogens with one attached hydrogen (secondary N) is 1. The molecule has 29 heavy (non-hydrogen) atoms. The molecule has 1 aliphatic heterocycles. The highest BCUT2D eigenvalue weighted by atomic mass is 16.5.